The first-order valence-corrected chi connectivity index (χ1v) is 4.91. The molecule has 72 valence electrons. The van der Waals surface area contributed by atoms with E-state index in [-0.39, 0.29) is 11.3 Å². The predicted molar refractivity (Wildman–Crippen MR) is 55.2 cm³/mol. The van der Waals surface area contributed by atoms with Gasteiger partial charge in [-0.25, -0.2) is 4.79 Å². The predicted octanol–water partition coefficient (Wildman–Crippen LogP) is 2.61. The van der Waals surface area contributed by atoms with Gasteiger partial charge < -0.3 is 10.2 Å². The molecule has 1 heterocycles. The van der Waals surface area contributed by atoms with Crippen molar-refractivity contribution in [3.05, 3.63) is 28.6 Å². The number of phenols is 1. The quantitative estimate of drug-likeness (QED) is 0.757. The number of hydrogen-bond donors (Lipinski definition) is 2. The van der Waals surface area contributed by atoms with Crippen LogP contribution in [0.5, 0.6) is 5.75 Å². The average molecular weight is 208 g/mol. The molecule has 0 aliphatic carbocycles. The lowest BCUT2D eigenvalue weighted by molar-refractivity contribution is 0.0698. The van der Waals surface area contributed by atoms with Crippen LogP contribution in [0, 0.1) is 6.92 Å². The van der Waals surface area contributed by atoms with Gasteiger partial charge in [-0.05, 0) is 30.0 Å². The number of aromatic carboxylic acids is 1. The number of hydrogen-bond acceptors (Lipinski definition) is 3. The van der Waals surface area contributed by atoms with E-state index in [2.05, 4.69) is 0 Å². The summed E-state index contributed by atoms with van der Waals surface area (Å²) in [5.74, 6) is -1.01. The summed E-state index contributed by atoms with van der Waals surface area (Å²) >= 11 is 1.44. The number of aryl methyl sites for hydroxylation is 1. The van der Waals surface area contributed by atoms with E-state index < -0.39 is 5.97 Å². The number of thiophene rings is 1. The van der Waals surface area contributed by atoms with Gasteiger partial charge in [0, 0.05) is 10.1 Å². The average Bonchev–Trinajstić information content (AvgIpc) is 2.46. The lowest BCUT2D eigenvalue weighted by atomic mass is 10.1. The fraction of sp³-hybridized carbons (Fsp3) is 0.100. The van der Waals surface area contributed by atoms with Crippen LogP contribution in [-0.2, 0) is 0 Å². The normalized spacial score (nSPS) is 10.6. The topological polar surface area (TPSA) is 57.5 Å². The summed E-state index contributed by atoms with van der Waals surface area (Å²) in [6.07, 6.45) is 0. The summed E-state index contributed by atoms with van der Waals surface area (Å²) in [5, 5.41) is 20.9. The van der Waals surface area contributed by atoms with Crippen molar-refractivity contribution in [2.75, 3.05) is 0 Å². The maximum atomic E-state index is 10.9. The number of phenolic OH excluding ortho intramolecular Hbond substituents is 1. The zero-order valence-electron chi connectivity index (χ0n) is 7.44. The summed E-state index contributed by atoms with van der Waals surface area (Å²) in [6.45, 7) is 1.86. The van der Waals surface area contributed by atoms with Crippen molar-refractivity contribution in [3.8, 4) is 5.75 Å². The SMILES string of the molecule is Cc1csc2cc(O)cc(C(=O)O)c12. The second kappa shape index (κ2) is 2.99. The largest absolute Gasteiger partial charge is 0.508 e. The number of benzene rings is 1. The number of fused-ring (bicyclic) bond motifs is 1. The van der Waals surface area contributed by atoms with Crippen LogP contribution in [0.2, 0.25) is 0 Å². The first kappa shape index (κ1) is 9.02. The van der Waals surface area contributed by atoms with Crippen LogP contribution in [0.15, 0.2) is 17.5 Å². The Balaban J connectivity index is 2.90. The van der Waals surface area contributed by atoms with Crippen LogP contribution in [0.25, 0.3) is 10.1 Å². The minimum absolute atomic E-state index is 0.00301. The summed E-state index contributed by atoms with van der Waals surface area (Å²) in [6, 6.07) is 2.86. The van der Waals surface area contributed by atoms with Crippen LogP contribution >= 0.6 is 11.3 Å². The van der Waals surface area contributed by atoms with Crippen molar-refractivity contribution in [2.45, 2.75) is 6.92 Å². The molecule has 14 heavy (non-hydrogen) atoms. The summed E-state index contributed by atoms with van der Waals surface area (Å²) in [4.78, 5) is 10.9. The van der Waals surface area contributed by atoms with E-state index >= 15 is 0 Å². The molecule has 0 aliphatic heterocycles. The van der Waals surface area contributed by atoms with Gasteiger partial charge in [0.05, 0.1) is 5.56 Å². The Kier molecular flexibility index (Phi) is 1.93. The molecule has 0 saturated heterocycles. The van der Waals surface area contributed by atoms with Gasteiger partial charge in [0.15, 0.2) is 0 Å². The van der Waals surface area contributed by atoms with Crippen LogP contribution in [0.4, 0.5) is 0 Å². The monoisotopic (exact) mass is 208 g/mol. The van der Waals surface area contributed by atoms with Gasteiger partial charge in [-0.2, -0.15) is 0 Å². The van der Waals surface area contributed by atoms with Crippen molar-refractivity contribution >= 4 is 27.4 Å². The third kappa shape index (κ3) is 1.24. The molecule has 0 bridgehead atoms. The van der Waals surface area contributed by atoms with Gasteiger partial charge >= 0.3 is 5.97 Å². The Bertz CT molecular complexity index is 513. The van der Waals surface area contributed by atoms with Gasteiger partial charge in [-0.3, -0.25) is 0 Å². The van der Waals surface area contributed by atoms with Crippen LogP contribution in [0.3, 0.4) is 0 Å². The van der Waals surface area contributed by atoms with E-state index in [1.54, 1.807) is 6.07 Å². The second-order valence-electron chi connectivity index (χ2n) is 3.09. The van der Waals surface area contributed by atoms with Crippen LogP contribution in [0.1, 0.15) is 15.9 Å². The van der Waals surface area contributed by atoms with Crippen LogP contribution < -0.4 is 0 Å². The number of carboxylic acids is 1. The zero-order chi connectivity index (χ0) is 10.3. The molecule has 1 aromatic carbocycles. The Labute approximate surface area is 84.2 Å². The molecule has 0 atom stereocenters. The van der Waals surface area contributed by atoms with Gasteiger partial charge in [-0.15, -0.1) is 11.3 Å². The highest BCUT2D eigenvalue weighted by atomic mass is 32.1. The Morgan fingerprint density at radius 2 is 2.14 bits per heavy atom. The third-order valence-corrected chi connectivity index (χ3v) is 3.12. The molecule has 0 spiro atoms. The summed E-state index contributed by atoms with van der Waals surface area (Å²) in [5.41, 5.74) is 1.10. The summed E-state index contributed by atoms with van der Waals surface area (Å²) < 4.78 is 0.805. The smallest absolute Gasteiger partial charge is 0.336 e. The highest BCUT2D eigenvalue weighted by molar-refractivity contribution is 7.17. The van der Waals surface area contributed by atoms with Crippen molar-refractivity contribution in [1.29, 1.82) is 0 Å². The molecule has 3 nitrogen and oxygen atoms in total. The molecule has 0 unspecified atom stereocenters. The maximum absolute atomic E-state index is 10.9. The first-order chi connectivity index (χ1) is 6.59. The Morgan fingerprint density at radius 3 is 2.79 bits per heavy atom. The van der Waals surface area contributed by atoms with Crippen molar-refractivity contribution < 1.29 is 15.0 Å². The fourth-order valence-electron chi connectivity index (χ4n) is 1.48. The Morgan fingerprint density at radius 1 is 1.43 bits per heavy atom. The number of rotatable bonds is 1. The Hall–Kier alpha value is -1.55. The lowest BCUT2D eigenvalue weighted by Gasteiger charge is -2.00. The molecule has 0 radical (unpaired) electrons. The lowest BCUT2D eigenvalue weighted by Crippen LogP contribution is -1.96. The molecular weight excluding hydrogens is 200 g/mol. The molecule has 0 fully saturated rings. The van der Waals surface area contributed by atoms with Gasteiger partial charge in [-0.1, -0.05) is 0 Å². The summed E-state index contributed by atoms with van der Waals surface area (Å²) in [7, 11) is 0. The molecular formula is C10H8O3S. The van der Waals surface area contributed by atoms with E-state index in [1.165, 1.54) is 17.4 Å². The molecule has 4 heteroatoms. The van der Waals surface area contributed by atoms with E-state index in [0.717, 1.165) is 15.6 Å². The van der Waals surface area contributed by atoms with Crippen molar-refractivity contribution in [1.82, 2.24) is 0 Å². The van der Waals surface area contributed by atoms with Gasteiger partial charge in [0.2, 0.25) is 0 Å². The second-order valence-corrected chi connectivity index (χ2v) is 4.00. The third-order valence-electron chi connectivity index (χ3n) is 2.07. The number of carboxylic acid groups (broad SMARTS) is 1. The minimum Gasteiger partial charge on any atom is -0.508 e. The van der Waals surface area contributed by atoms with Gasteiger partial charge in [0.1, 0.15) is 5.75 Å². The van der Waals surface area contributed by atoms with E-state index in [4.69, 9.17) is 5.11 Å². The molecule has 2 rings (SSSR count). The van der Waals surface area contributed by atoms with Crippen LogP contribution in [-0.4, -0.2) is 16.2 Å². The highest BCUT2D eigenvalue weighted by Gasteiger charge is 2.13. The van der Waals surface area contributed by atoms with E-state index in [9.17, 15) is 9.90 Å². The van der Waals surface area contributed by atoms with E-state index in [0.29, 0.717) is 0 Å². The van der Waals surface area contributed by atoms with Crippen molar-refractivity contribution in [2.24, 2.45) is 0 Å². The van der Waals surface area contributed by atoms with Gasteiger partial charge in [0.25, 0.3) is 0 Å². The first-order valence-electron chi connectivity index (χ1n) is 4.03. The number of aromatic hydroxyl groups is 1. The maximum Gasteiger partial charge on any atom is 0.336 e. The van der Waals surface area contributed by atoms with Crippen molar-refractivity contribution in [3.63, 3.8) is 0 Å². The highest BCUT2D eigenvalue weighted by Crippen LogP contribution is 2.32. The molecule has 0 saturated carbocycles. The molecule has 0 aliphatic rings. The molecule has 2 aromatic rings. The molecule has 1 aromatic heterocycles. The zero-order valence-corrected chi connectivity index (χ0v) is 8.26. The van der Waals surface area contributed by atoms with E-state index in [1.807, 2.05) is 12.3 Å². The molecule has 0 amide bonds. The minimum atomic E-state index is -1.01. The fourth-order valence-corrected chi connectivity index (χ4v) is 2.48. The molecule has 2 N–H and O–H groups in total. The number of carbonyl (C=O) groups is 1. The standard InChI is InChI=1S/C10H8O3S/c1-5-4-14-8-3-6(11)2-7(9(5)8)10(12)13/h2-4,11H,1H3,(H,12,13).